The molecule has 0 aromatic carbocycles. The molecule has 1 aliphatic rings. The average Bonchev–Trinajstić information content (AvgIpc) is 2.78. The first-order valence-electron chi connectivity index (χ1n) is 6.77. The van der Waals surface area contributed by atoms with Crippen molar-refractivity contribution in [1.82, 2.24) is 9.62 Å². The number of sulfone groups is 1. The zero-order valence-electron chi connectivity index (χ0n) is 12.1. The standard InChI is InChI=1S/C12H20N2O4S3/c1-3-13-9-11-8-12(10(2)19-11)21(17,18)14-4-6-20(15,16)7-5-14/h8,13H,3-7,9H2,1-2H3. The van der Waals surface area contributed by atoms with Crippen LogP contribution in [0.1, 0.15) is 16.7 Å². The van der Waals surface area contributed by atoms with Crippen LogP contribution >= 0.6 is 11.3 Å². The fourth-order valence-electron chi connectivity index (χ4n) is 2.19. The van der Waals surface area contributed by atoms with E-state index in [2.05, 4.69) is 5.32 Å². The largest absolute Gasteiger partial charge is 0.312 e. The maximum atomic E-state index is 12.6. The Hall–Kier alpha value is -0.480. The molecule has 0 bridgehead atoms. The van der Waals surface area contributed by atoms with Gasteiger partial charge in [-0.25, -0.2) is 16.8 Å². The van der Waals surface area contributed by atoms with Gasteiger partial charge in [-0.3, -0.25) is 0 Å². The van der Waals surface area contributed by atoms with Crippen LogP contribution in [0.25, 0.3) is 0 Å². The fraction of sp³-hybridized carbons (Fsp3) is 0.667. The molecule has 0 atom stereocenters. The van der Waals surface area contributed by atoms with Gasteiger partial charge in [-0.2, -0.15) is 4.31 Å². The molecular weight excluding hydrogens is 332 g/mol. The van der Waals surface area contributed by atoms with Gasteiger partial charge in [0.05, 0.1) is 16.4 Å². The van der Waals surface area contributed by atoms with Crippen LogP contribution in [-0.2, 0) is 26.4 Å². The van der Waals surface area contributed by atoms with Crippen LogP contribution < -0.4 is 5.32 Å². The van der Waals surface area contributed by atoms with Crippen molar-refractivity contribution < 1.29 is 16.8 Å². The molecule has 0 aliphatic carbocycles. The zero-order chi connectivity index (χ0) is 15.7. The molecule has 1 N–H and O–H groups in total. The van der Waals surface area contributed by atoms with E-state index in [1.165, 1.54) is 15.6 Å². The summed E-state index contributed by atoms with van der Waals surface area (Å²) in [4.78, 5) is 2.02. The van der Waals surface area contributed by atoms with Gasteiger partial charge in [0.1, 0.15) is 0 Å². The number of nitrogens with zero attached hydrogens (tertiary/aromatic N) is 1. The van der Waals surface area contributed by atoms with Crippen molar-refractivity contribution in [3.8, 4) is 0 Å². The van der Waals surface area contributed by atoms with Crippen LogP contribution in [0.3, 0.4) is 0 Å². The molecule has 1 saturated heterocycles. The first-order valence-corrected chi connectivity index (χ1v) is 10.8. The first-order chi connectivity index (χ1) is 9.76. The van der Waals surface area contributed by atoms with Crippen molar-refractivity contribution >= 4 is 31.2 Å². The minimum atomic E-state index is -3.60. The van der Waals surface area contributed by atoms with E-state index in [1.54, 1.807) is 13.0 Å². The molecule has 0 spiro atoms. The predicted molar refractivity (Wildman–Crippen MR) is 83.8 cm³/mol. The van der Waals surface area contributed by atoms with Gasteiger partial charge < -0.3 is 5.32 Å². The lowest BCUT2D eigenvalue weighted by molar-refractivity contribution is 0.430. The fourth-order valence-corrected chi connectivity index (χ4v) is 6.64. The molecule has 1 aromatic rings. The van der Waals surface area contributed by atoms with Gasteiger partial charge in [0.15, 0.2) is 9.84 Å². The SMILES string of the molecule is CCNCc1cc(S(=O)(=O)N2CCS(=O)(=O)CC2)c(C)s1. The average molecular weight is 353 g/mol. The quantitative estimate of drug-likeness (QED) is 0.838. The summed E-state index contributed by atoms with van der Waals surface area (Å²) in [6.07, 6.45) is 0. The molecule has 0 radical (unpaired) electrons. The second-order valence-corrected chi connectivity index (χ2v) is 10.5. The Bertz CT molecular complexity index is 693. The lowest BCUT2D eigenvalue weighted by Crippen LogP contribution is -2.43. The molecule has 2 rings (SSSR count). The van der Waals surface area contributed by atoms with E-state index in [4.69, 9.17) is 0 Å². The molecule has 1 aromatic heterocycles. The number of hydrogen-bond donors (Lipinski definition) is 1. The summed E-state index contributed by atoms with van der Waals surface area (Å²) < 4.78 is 49.4. The van der Waals surface area contributed by atoms with Gasteiger partial charge in [0.2, 0.25) is 10.0 Å². The Balaban J connectivity index is 2.22. The molecule has 6 nitrogen and oxygen atoms in total. The molecule has 0 amide bonds. The van der Waals surface area contributed by atoms with Crippen LogP contribution in [0.2, 0.25) is 0 Å². The maximum absolute atomic E-state index is 12.6. The lowest BCUT2D eigenvalue weighted by atomic mass is 10.4. The second-order valence-electron chi connectivity index (χ2n) is 4.97. The summed E-state index contributed by atoms with van der Waals surface area (Å²) in [6, 6.07) is 1.70. The molecular formula is C12H20N2O4S3. The summed E-state index contributed by atoms with van der Waals surface area (Å²) in [5.74, 6) is -0.195. The van der Waals surface area contributed by atoms with Crippen molar-refractivity contribution in [2.75, 3.05) is 31.1 Å². The van der Waals surface area contributed by atoms with Gasteiger partial charge >= 0.3 is 0 Å². The monoisotopic (exact) mass is 352 g/mol. The zero-order valence-corrected chi connectivity index (χ0v) is 14.6. The molecule has 2 heterocycles. The topological polar surface area (TPSA) is 83.6 Å². The highest BCUT2D eigenvalue weighted by Crippen LogP contribution is 2.29. The number of nitrogens with one attached hydrogen (secondary N) is 1. The van der Waals surface area contributed by atoms with Crippen LogP contribution in [0.5, 0.6) is 0 Å². The van der Waals surface area contributed by atoms with Crippen molar-refractivity contribution in [3.05, 3.63) is 15.8 Å². The number of aryl methyl sites for hydroxylation is 1. The summed E-state index contributed by atoms with van der Waals surface area (Å²) in [5, 5.41) is 3.17. The Morgan fingerprint density at radius 3 is 2.52 bits per heavy atom. The summed E-state index contributed by atoms with van der Waals surface area (Å²) in [5.41, 5.74) is 0. The van der Waals surface area contributed by atoms with E-state index in [0.29, 0.717) is 11.4 Å². The summed E-state index contributed by atoms with van der Waals surface area (Å²) in [7, 11) is -6.68. The van der Waals surface area contributed by atoms with E-state index >= 15 is 0 Å². The molecule has 0 unspecified atom stereocenters. The normalized spacial score (nSPS) is 19.7. The van der Waals surface area contributed by atoms with Crippen LogP contribution in [0.15, 0.2) is 11.0 Å². The third kappa shape index (κ3) is 3.84. The number of rotatable bonds is 5. The van der Waals surface area contributed by atoms with E-state index in [9.17, 15) is 16.8 Å². The van der Waals surface area contributed by atoms with Crippen LogP contribution in [-0.4, -0.2) is 52.3 Å². The highest BCUT2D eigenvalue weighted by Gasteiger charge is 2.32. The molecule has 120 valence electrons. The van der Waals surface area contributed by atoms with Crippen LogP contribution in [0.4, 0.5) is 0 Å². The van der Waals surface area contributed by atoms with E-state index in [-0.39, 0.29) is 24.6 Å². The molecule has 21 heavy (non-hydrogen) atoms. The second kappa shape index (κ2) is 6.33. The number of thiophene rings is 1. The number of sulfonamides is 1. The highest BCUT2D eigenvalue weighted by atomic mass is 32.2. The van der Waals surface area contributed by atoms with Crippen molar-refractivity contribution in [2.24, 2.45) is 0 Å². The predicted octanol–water partition coefficient (Wildman–Crippen LogP) is 0.585. The van der Waals surface area contributed by atoms with Gasteiger partial charge in [0, 0.05) is 29.4 Å². The minimum Gasteiger partial charge on any atom is -0.312 e. The maximum Gasteiger partial charge on any atom is 0.244 e. The summed E-state index contributed by atoms with van der Waals surface area (Å²) in [6.45, 7) is 5.33. The van der Waals surface area contributed by atoms with Gasteiger partial charge in [-0.15, -0.1) is 11.3 Å². The lowest BCUT2D eigenvalue weighted by Gasteiger charge is -2.25. The molecule has 0 saturated carbocycles. The minimum absolute atomic E-state index is 0.0441. The smallest absolute Gasteiger partial charge is 0.244 e. The third-order valence-corrected chi connectivity index (χ3v) is 8.21. The highest BCUT2D eigenvalue weighted by molar-refractivity contribution is 7.92. The molecule has 1 aliphatic heterocycles. The summed E-state index contributed by atoms with van der Waals surface area (Å²) >= 11 is 1.46. The van der Waals surface area contributed by atoms with E-state index < -0.39 is 19.9 Å². The van der Waals surface area contributed by atoms with Gasteiger partial charge in [-0.05, 0) is 19.5 Å². The Labute approximate surface area is 130 Å². The van der Waals surface area contributed by atoms with Gasteiger partial charge in [0.25, 0.3) is 0 Å². The van der Waals surface area contributed by atoms with E-state index in [1.807, 2.05) is 6.92 Å². The van der Waals surface area contributed by atoms with Crippen molar-refractivity contribution in [3.63, 3.8) is 0 Å². The Morgan fingerprint density at radius 2 is 1.95 bits per heavy atom. The van der Waals surface area contributed by atoms with E-state index in [0.717, 1.165) is 16.3 Å². The molecule has 9 heteroatoms. The Kier molecular flexibility index (Phi) is 5.09. The Morgan fingerprint density at radius 1 is 1.33 bits per heavy atom. The van der Waals surface area contributed by atoms with Crippen molar-refractivity contribution in [2.45, 2.75) is 25.3 Å². The van der Waals surface area contributed by atoms with Gasteiger partial charge in [-0.1, -0.05) is 6.92 Å². The third-order valence-electron chi connectivity index (χ3n) is 3.39. The first kappa shape index (κ1) is 16.9. The number of hydrogen-bond acceptors (Lipinski definition) is 6. The van der Waals surface area contributed by atoms with Crippen molar-refractivity contribution in [1.29, 1.82) is 0 Å². The van der Waals surface area contributed by atoms with Crippen LogP contribution in [0, 0.1) is 6.92 Å². The molecule has 1 fully saturated rings.